The highest BCUT2D eigenvalue weighted by Gasteiger charge is 1.98. The lowest BCUT2D eigenvalue weighted by Crippen LogP contribution is -2.08. The Hall–Kier alpha value is -1.32. The lowest BCUT2D eigenvalue weighted by Gasteiger charge is -2.00. The Bertz CT molecular complexity index is 206. The molecule has 0 spiro atoms. The molecule has 0 aliphatic rings. The van der Waals surface area contributed by atoms with Crippen LogP contribution in [0, 0.1) is 0 Å². The summed E-state index contributed by atoms with van der Waals surface area (Å²) < 4.78 is 1.40. The second-order valence-electron chi connectivity index (χ2n) is 1.66. The average Bonchev–Trinajstić information content (AvgIpc) is 2.15. The van der Waals surface area contributed by atoms with Gasteiger partial charge in [0.2, 0.25) is 0 Å². The number of nitrogen functional groups attached to an aromatic ring is 2. The maximum Gasteiger partial charge on any atom is 0.162 e. The molecule has 0 saturated carbocycles. The zero-order chi connectivity index (χ0) is 6.85. The third-order valence-corrected chi connectivity index (χ3v) is 1.12. The Balaban J connectivity index is 3.04. The molecule has 50 valence electrons. The van der Waals surface area contributed by atoms with Gasteiger partial charge >= 0.3 is 0 Å². The number of rotatable bonds is 1. The van der Waals surface area contributed by atoms with Gasteiger partial charge in [0.25, 0.3) is 0 Å². The lowest BCUT2D eigenvalue weighted by molar-refractivity contribution is 0.174. The van der Waals surface area contributed by atoms with Crippen molar-refractivity contribution in [3.8, 4) is 0 Å². The van der Waals surface area contributed by atoms with Crippen LogP contribution in [0.4, 0.5) is 11.5 Å². The van der Waals surface area contributed by atoms with Gasteiger partial charge in [-0.25, -0.2) is 0 Å². The Morgan fingerprint density at radius 1 is 1.56 bits per heavy atom. The summed E-state index contributed by atoms with van der Waals surface area (Å²) in [7, 11) is 1.52. The number of hydrogen-bond donors (Lipinski definition) is 2. The van der Waals surface area contributed by atoms with Crippen molar-refractivity contribution >= 4 is 11.5 Å². The summed E-state index contributed by atoms with van der Waals surface area (Å²) >= 11 is 0. The normalized spacial score (nSPS) is 9.44. The molecule has 4 N–H and O–H groups in total. The van der Waals surface area contributed by atoms with Crippen molar-refractivity contribution in [1.82, 2.24) is 4.73 Å². The van der Waals surface area contributed by atoms with Crippen LogP contribution < -0.4 is 16.3 Å². The molecule has 0 unspecified atom stereocenters. The first-order chi connectivity index (χ1) is 4.25. The second kappa shape index (κ2) is 1.89. The van der Waals surface area contributed by atoms with Crippen LogP contribution in [0.2, 0.25) is 0 Å². The largest absolute Gasteiger partial charge is 0.416 e. The van der Waals surface area contributed by atoms with Gasteiger partial charge in [-0.3, -0.25) is 0 Å². The third kappa shape index (κ3) is 0.782. The van der Waals surface area contributed by atoms with Crippen molar-refractivity contribution in [3.63, 3.8) is 0 Å². The van der Waals surface area contributed by atoms with Crippen LogP contribution in [0.5, 0.6) is 0 Å². The van der Waals surface area contributed by atoms with E-state index in [1.165, 1.54) is 11.8 Å². The van der Waals surface area contributed by atoms with E-state index in [1.54, 1.807) is 12.3 Å². The maximum absolute atomic E-state index is 5.43. The van der Waals surface area contributed by atoms with E-state index in [2.05, 4.69) is 0 Å². The quantitative estimate of drug-likeness (QED) is 0.544. The minimum absolute atomic E-state index is 0.442. The van der Waals surface area contributed by atoms with Crippen molar-refractivity contribution in [2.45, 2.75) is 0 Å². The monoisotopic (exact) mass is 127 g/mol. The summed E-state index contributed by atoms with van der Waals surface area (Å²) in [6.45, 7) is 0. The first-order valence-electron chi connectivity index (χ1n) is 2.52. The smallest absolute Gasteiger partial charge is 0.162 e. The van der Waals surface area contributed by atoms with Crippen molar-refractivity contribution in [3.05, 3.63) is 12.3 Å². The third-order valence-electron chi connectivity index (χ3n) is 1.12. The summed E-state index contributed by atoms with van der Waals surface area (Å²) in [5.41, 5.74) is 11.4. The molecule has 4 heteroatoms. The van der Waals surface area contributed by atoms with Gasteiger partial charge in [-0.05, 0) is 6.07 Å². The molecule has 1 heterocycles. The fraction of sp³-hybridized carbons (Fsp3) is 0.200. The molecule has 0 amide bonds. The van der Waals surface area contributed by atoms with Crippen LogP contribution in [-0.2, 0) is 0 Å². The molecule has 1 rings (SSSR count). The van der Waals surface area contributed by atoms with Gasteiger partial charge in [0.1, 0.15) is 7.11 Å². The minimum atomic E-state index is 0.442. The van der Waals surface area contributed by atoms with Crippen LogP contribution in [-0.4, -0.2) is 11.8 Å². The van der Waals surface area contributed by atoms with Gasteiger partial charge in [0, 0.05) is 6.20 Å². The number of aromatic nitrogens is 1. The molecule has 0 saturated heterocycles. The van der Waals surface area contributed by atoms with Crippen molar-refractivity contribution in [2.24, 2.45) is 0 Å². The molecule has 0 fully saturated rings. The Morgan fingerprint density at radius 3 is 2.44 bits per heavy atom. The van der Waals surface area contributed by atoms with E-state index in [9.17, 15) is 0 Å². The molecule has 0 bridgehead atoms. The topological polar surface area (TPSA) is 66.2 Å². The van der Waals surface area contributed by atoms with Crippen LogP contribution in [0.3, 0.4) is 0 Å². The molecule has 4 nitrogen and oxygen atoms in total. The zero-order valence-corrected chi connectivity index (χ0v) is 5.16. The molecule has 0 radical (unpaired) electrons. The summed E-state index contributed by atoms with van der Waals surface area (Å²) in [6.07, 6.45) is 1.66. The molecule has 0 aromatic carbocycles. The van der Waals surface area contributed by atoms with Crippen LogP contribution in [0.25, 0.3) is 0 Å². The molecular formula is C5H9N3O. The molecule has 0 aliphatic carbocycles. The van der Waals surface area contributed by atoms with Gasteiger partial charge in [0.15, 0.2) is 5.82 Å². The highest BCUT2D eigenvalue weighted by Crippen LogP contribution is 2.12. The second-order valence-corrected chi connectivity index (χ2v) is 1.66. The molecule has 1 aromatic rings. The van der Waals surface area contributed by atoms with Crippen LogP contribution >= 0.6 is 0 Å². The Kier molecular flexibility index (Phi) is 1.22. The molecule has 0 atom stereocenters. The highest BCUT2D eigenvalue weighted by atomic mass is 16.6. The van der Waals surface area contributed by atoms with Crippen molar-refractivity contribution < 1.29 is 4.84 Å². The maximum atomic E-state index is 5.43. The van der Waals surface area contributed by atoms with Gasteiger partial charge in [-0.15, -0.1) is 0 Å². The summed E-state index contributed by atoms with van der Waals surface area (Å²) in [4.78, 5) is 4.78. The molecule has 9 heavy (non-hydrogen) atoms. The van der Waals surface area contributed by atoms with Gasteiger partial charge in [-0.2, -0.15) is 4.73 Å². The fourth-order valence-corrected chi connectivity index (χ4v) is 0.600. The number of nitrogens with two attached hydrogens (primary N) is 2. The number of anilines is 2. The van der Waals surface area contributed by atoms with E-state index >= 15 is 0 Å². The lowest BCUT2D eigenvalue weighted by atomic mass is 10.5. The molecule has 1 aromatic heterocycles. The van der Waals surface area contributed by atoms with E-state index in [4.69, 9.17) is 16.3 Å². The predicted molar refractivity (Wildman–Crippen MR) is 35.8 cm³/mol. The first kappa shape index (κ1) is 5.81. The van der Waals surface area contributed by atoms with Gasteiger partial charge in [-0.1, -0.05) is 0 Å². The summed E-state index contributed by atoms with van der Waals surface area (Å²) in [5.74, 6) is 0.442. The standard InChI is InChI=1S/C5H9N3O/c1-9-8-3-2-4(6)5(8)7/h2-3H,6-7H2,1H3. The predicted octanol–water partition coefficient (Wildman–Crippen LogP) is -0.289. The summed E-state index contributed by atoms with van der Waals surface area (Å²) in [6, 6.07) is 1.68. The molecular weight excluding hydrogens is 118 g/mol. The van der Waals surface area contributed by atoms with Crippen LogP contribution in [0.1, 0.15) is 0 Å². The van der Waals surface area contributed by atoms with Crippen molar-refractivity contribution in [2.75, 3.05) is 18.6 Å². The average molecular weight is 127 g/mol. The number of nitrogens with zero attached hydrogens (tertiary/aromatic N) is 1. The van der Waals surface area contributed by atoms with Gasteiger partial charge in [0.05, 0.1) is 5.69 Å². The zero-order valence-electron chi connectivity index (χ0n) is 5.16. The van der Waals surface area contributed by atoms with E-state index < -0.39 is 0 Å². The highest BCUT2D eigenvalue weighted by molar-refractivity contribution is 5.58. The van der Waals surface area contributed by atoms with Crippen LogP contribution in [0.15, 0.2) is 12.3 Å². The summed E-state index contributed by atoms with van der Waals surface area (Å²) in [5, 5.41) is 0. The first-order valence-corrected chi connectivity index (χ1v) is 2.52. The molecule has 0 aliphatic heterocycles. The van der Waals surface area contributed by atoms with Crippen molar-refractivity contribution in [1.29, 1.82) is 0 Å². The fourth-order valence-electron chi connectivity index (χ4n) is 0.600. The van der Waals surface area contributed by atoms with E-state index in [0.717, 1.165) is 0 Å². The van der Waals surface area contributed by atoms with E-state index in [0.29, 0.717) is 11.5 Å². The van der Waals surface area contributed by atoms with E-state index in [1.807, 2.05) is 0 Å². The van der Waals surface area contributed by atoms with Gasteiger partial charge < -0.3 is 16.3 Å². The SMILES string of the molecule is COn1ccc(N)c1N. The Morgan fingerprint density at radius 2 is 2.22 bits per heavy atom. The Labute approximate surface area is 53.0 Å². The minimum Gasteiger partial charge on any atom is -0.416 e. The van der Waals surface area contributed by atoms with E-state index in [-0.39, 0.29) is 0 Å². The number of hydrogen-bond acceptors (Lipinski definition) is 3.